The van der Waals surface area contributed by atoms with Crippen molar-refractivity contribution in [1.29, 1.82) is 0 Å². The topological polar surface area (TPSA) is 41.1 Å². The molecular weight excluding hydrogens is 271 g/mol. The molecule has 2 N–H and O–H groups in total. The van der Waals surface area contributed by atoms with Crippen LogP contribution in [0.15, 0.2) is 18.2 Å². The maximum Gasteiger partial charge on any atom is 0.223 e. The summed E-state index contributed by atoms with van der Waals surface area (Å²) in [5.74, 6) is 0.495. The van der Waals surface area contributed by atoms with E-state index in [-0.39, 0.29) is 17.7 Å². The molecule has 1 aromatic carbocycles. The van der Waals surface area contributed by atoms with Crippen molar-refractivity contribution in [2.45, 2.75) is 12.3 Å². The second-order valence-electron chi connectivity index (χ2n) is 4.52. The van der Waals surface area contributed by atoms with E-state index in [0.29, 0.717) is 16.6 Å². The summed E-state index contributed by atoms with van der Waals surface area (Å²) >= 11 is 11.8. The number of benzene rings is 1. The summed E-state index contributed by atoms with van der Waals surface area (Å²) in [6, 6.07) is 5.59. The van der Waals surface area contributed by atoms with Crippen LogP contribution in [0.25, 0.3) is 0 Å². The Morgan fingerprint density at radius 3 is 2.78 bits per heavy atom. The van der Waals surface area contributed by atoms with E-state index in [0.717, 1.165) is 18.5 Å². The van der Waals surface area contributed by atoms with E-state index in [9.17, 15) is 4.79 Å². The summed E-state index contributed by atoms with van der Waals surface area (Å²) in [5.41, 5.74) is 1.10. The van der Waals surface area contributed by atoms with Crippen molar-refractivity contribution in [2.75, 3.05) is 20.1 Å². The molecule has 0 aliphatic heterocycles. The molecule has 1 saturated carbocycles. The van der Waals surface area contributed by atoms with E-state index in [2.05, 4.69) is 10.6 Å². The number of nitrogens with one attached hydrogen (secondary N) is 2. The van der Waals surface area contributed by atoms with Crippen molar-refractivity contribution >= 4 is 29.1 Å². The zero-order valence-electron chi connectivity index (χ0n) is 10.2. The zero-order chi connectivity index (χ0) is 13.1. The minimum absolute atomic E-state index is 0.0825. The predicted octanol–water partition coefficient (Wildman–Crippen LogP) is 2.43. The van der Waals surface area contributed by atoms with Gasteiger partial charge in [-0.15, -0.1) is 0 Å². The highest BCUT2D eigenvalue weighted by Crippen LogP contribution is 2.48. The standard InChI is InChI=1S/C13H16Cl2N2O/c1-16-4-5-17-13(18)10-7-9(10)8-2-3-11(14)12(15)6-8/h2-3,6,9-10,16H,4-5,7H2,1H3,(H,17,18). The fourth-order valence-electron chi connectivity index (χ4n) is 2.04. The molecular formula is C13H16Cl2N2O. The van der Waals surface area contributed by atoms with Crippen LogP contribution in [0.3, 0.4) is 0 Å². The van der Waals surface area contributed by atoms with Crippen LogP contribution in [-0.4, -0.2) is 26.0 Å². The van der Waals surface area contributed by atoms with Crippen molar-refractivity contribution in [2.24, 2.45) is 5.92 Å². The van der Waals surface area contributed by atoms with Gasteiger partial charge >= 0.3 is 0 Å². The smallest absolute Gasteiger partial charge is 0.223 e. The van der Waals surface area contributed by atoms with E-state index in [1.54, 1.807) is 6.07 Å². The van der Waals surface area contributed by atoms with E-state index < -0.39 is 0 Å². The molecule has 1 aliphatic rings. The first kappa shape index (κ1) is 13.7. The summed E-state index contributed by atoms with van der Waals surface area (Å²) in [4.78, 5) is 11.8. The summed E-state index contributed by atoms with van der Waals surface area (Å²) in [5, 5.41) is 7.01. The number of likely N-dealkylation sites (N-methyl/N-ethyl adjacent to an activating group) is 1. The SMILES string of the molecule is CNCCNC(=O)C1CC1c1ccc(Cl)c(Cl)c1. The molecule has 0 radical (unpaired) electrons. The third kappa shape index (κ3) is 3.16. The molecule has 0 saturated heterocycles. The average molecular weight is 287 g/mol. The van der Waals surface area contributed by atoms with Gasteiger partial charge in [0.25, 0.3) is 0 Å². The van der Waals surface area contributed by atoms with Crippen molar-refractivity contribution in [3.63, 3.8) is 0 Å². The first-order valence-corrected chi connectivity index (χ1v) is 6.76. The molecule has 2 unspecified atom stereocenters. The lowest BCUT2D eigenvalue weighted by Crippen LogP contribution is -2.31. The molecule has 1 aliphatic carbocycles. The predicted molar refractivity (Wildman–Crippen MR) is 74.2 cm³/mol. The number of hydrogen-bond donors (Lipinski definition) is 2. The Bertz CT molecular complexity index is 451. The minimum atomic E-state index is 0.0825. The first-order valence-electron chi connectivity index (χ1n) is 6.00. The van der Waals surface area contributed by atoms with Gasteiger partial charge in [0.15, 0.2) is 0 Å². The minimum Gasteiger partial charge on any atom is -0.355 e. The number of carbonyl (C=O) groups excluding carboxylic acids is 1. The van der Waals surface area contributed by atoms with Crippen molar-refractivity contribution in [1.82, 2.24) is 10.6 Å². The molecule has 2 rings (SSSR count). The van der Waals surface area contributed by atoms with Gasteiger partial charge in [-0.05, 0) is 37.1 Å². The largest absolute Gasteiger partial charge is 0.355 e. The van der Waals surface area contributed by atoms with Gasteiger partial charge in [0.1, 0.15) is 0 Å². The number of rotatable bonds is 5. The Morgan fingerprint density at radius 2 is 2.11 bits per heavy atom. The van der Waals surface area contributed by atoms with Crippen molar-refractivity contribution < 1.29 is 4.79 Å². The van der Waals surface area contributed by atoms with E-state index in [1.807, 2.05) is 19.2 Å². The Kier molecular flexibility index (Phi) is 4.49. The van der Waals surface area contributed by atoms with Gasteiger partial charge in [-0.25, -0.2) is 0 Å². The Labute approximate surface area is 117 Å². The quantitative estimate of drug-likeness (QED) is 0.817. The lowest BCUT2D eigenvalue weighted by atomic mass is 10.1. The number of hydrogen-bond acceptors (Lipinski definition) is 2. The normalized spacial score (nSPS) is 21.7. The molecule has 0 spiro atoms. The number of amides is 1. The lowest BCUT2D eigenvalue weighted by molar-refractivity contribution is -0.122. The number of carbonyl (C=O) groups is 1. The van der Waals surface area contributed by atoms with Crippen LogP contribution < -0.4 is 10.6 Å². The third-order valence-electron chi connectivity index (χ3n) is 3.17. The fraction of sp³-hybridized carbons (Fsp3) is 0.462. The summed E-state index contributed by atoms with van der Waals surface area (Å²) in [6.07, 6.45) is 0.892. The van der Waals surface area contributed by atoms with Gasteiger partial charge in [-0.1, -0.05) is 29.3 Å². The van der Waals surface area contributed by atoms with E-state index in [1.165, 1.54) is 0 Å². The third-order valence-corrected chi connectivity index (χ3v) is 3.91. The molecule has 0 aromatic heterocycles. The van der Waals surface area contributed by atoms with Crippen LogP contribution in [0.4, 0.5) is 0 Å². The maximum absolute atomic E-state index is 11.8. The van der Waals surface area contributed by atoms with E-state index >= 15 is 0 Å². The lowest BCUT2D eigenvalue weighted by Gasteiger charge is -2.05. The monoisotopic (exact) mass is 286 g/mol. The second-order valence-corrected chi connectivity index (χ2v) is 5.33. The summed E-state index contributed by atoms with van der Waals surface area (Å²) in [6.45, 7) is 1.45. The molecule has 18 heavy (non-hydrogen) atoms. The van der Waals surface area contributed by atoms with Gasteiger partial charge in [0, 0.05) is 19.0 Å². The van der Waals surface area contributed by atoms with Crippen LogP contribution in [0.5, 0.6) is 0 Å². The fourth-order valence-corrected chi connectivity index (χ4v) is 2.34. The van der Waals surface area contributed by atoms with Gasteiger partial charge in [0.05, 0.1) is 10.0 Å². The van der Waals surface area contributed by atoms with Crippen molar-refractivity contribution in [3.8, 4) is 0 Å². The van der Waals surface area contributed by atoms with Crippen LogP contribution in [-0.2, 0) is 4.79 Å². The highest BCUT2D eigenvalue weighted by atomic mass is 35.5. The first-order chi connectivity index (χ1) is 8.63. The van der Waals surface area contributed by atoms with Crippen LogP contribution in [0, 0.1) is 5.92 Å². The molecule has 1 amide bonds. The van der Waals surface area contributed by atoms with Crippen molar-refractivity contribution in [3.05, 3.63) is 33.8 Å². The van der Waals surface area contributed by atoms with Crippen LogP contribution in [0.2, 0.25) is 10.0 Å². The molecule has 0 heterocycles. The molecule has 2 atom stereocenters. The van der Waals surface area contributed by atoms with Gasteiger partial charge < -0.3 is 10.6 Å². The molecule has 1 fully saturated rings. The van der Waals surface area contributed by atoms with Gasteiger partial charge in [0.2, 0.25) is 5.91 Å². The van der Waals surface area contributed by atoms with Crippen LogP contribution in [0.1, 0.15) is 17.9 Å². The Morgan fingerprint density at radius 1 is 1.33 bits per heavy atom. The van der Waals surface area contributed by atoms with E-state index in [4.69, 9.17) is 23.2 Å². The van der Waals surface area contributed by atoms with Gasteiger partial charge in [-0.2, -0.15) is 0 Å². The average Bonchev–Trinajstić information content (AvgIpc) is 3.13. The van der Waals surface area contributed by atoms with Crippen LogP contribution >= 0.6 is 23.2 Å². The molecule has 3 nitrogen and oxygen atoms in total. The number of halogens is 2. The highest BCUT2D eigenvalue weighted by Gasteiger charge is 2.43. The Balaban J connectivity index is 1.90. The summed E-state index contributed by atoms with van der Waals surface area (Å²) < 4.78 is 0. The molecule has 5 heteroatoms. The summed E-state index contributed by atoms with van der Waals surface area (Å²) in [7, 11) is 1.86. The zero-order valence-corrected chi connectivity index (χ0v) is 11.7. The second kappa shape index (κ2) is 5.91. The highest BCUT2D eigenvalue weighted by molar-refractivity contribution is 6.42. The maximum atomic E-state index is 11.8. The molecule has 0 bridgehead atoms. The molecule has 98 valence electrons. The molecule has 1 aromatic rings. The van der Waals surface area contributed by atoms with Gasteiger partial charge in [-0.3, -0.25) is 4.79 Å². The Hall–Kier alpha value is -0.770.